The number of carbonyl (C=O) groups excluding carboxylic acids is 4. The number of rotatable bonds is 12. The summed E-state index contributed by atoms with van der Waals surface area (Å²) in [5.41, 5.74) is 14.0. The number of aromatic nitrogens is 6. The Bertz CT molecular complexity index is 3550. The van der Waals surface area contributed by atoms with Crippen LogP contribution in [0.4, 0.5) is 11.8 Å². The summed E-state index contributed by atoms with van der Waals surface area (Å²) in [7, 11) is 6.64. The summed E-state index contributed by atoms with van der Waals surface area (Å²) < 4.78 is 21.5. The van der Waals surface area contributed by atoms with Crippen molar-refractivity contribution in [2.24, 2.45) is 37.5 Å². The molecule has 552 valence electrons. The average Bonchev–Trinajstić information content (AvgIpc) is 1.61. The molecule has 1 aliphatic carbocycles. The number of amides is 4. The summed E-state index contributed by atoms with van der Waals surface area (Å²) >= 11 is 5.87. The first-order chi connectivity index (χ1) is 47.9. The molecule has 3 fully saturated rings. The van der Waals surface area contributed by atoms with Gasteiger partial charge in [0.1, 0.15) is 11.0 Å². The molecule has 10 heterocycles. The molecule has 0 radical (unpaired) electrons. The molecule has 0 spiro atoms. The Hall–Kier alpha value is -8.00. The van der Waals surface area contributed by atoms with Crippen molar-refractivity contribution in [2.75, 3.05) is 71.8 Å². The fourth-order valence-corrected chi connectivity index (χ4v) is 13.4. The quantitative estimate of drug-likeness (QED) is 0.0695. The van der Waals surface area contributed by atoms with E-state index in [-0.39, 0.29) is 28.2 Å². The zero-order chi connectivity index (χ0) is 74.0. The average molecular weight is 1410 g/mol. The number of nitrogens with two attached hydrogens (primary N) is 1. The van der Waals surface area contributed by atoms with Crippen LogP contribution >= 0.6 is 11.6 Å². The van der Waals surface area contributed by atoms with E-state index in [0.717, 1.165) is 149 Å². The van der Waals surface area contributed by atoms with Gasteiger partial charge >= 0.3 is 0 Å². The predicted octanol–water partition coefficient (Wildman–Crippen LogP) is 16.7. The highest BCUT2D eigenvalue weighted by atomic mass is 35.5. The van der Waals surface area contributed by atoms with Gasteiger partial charge in [0.15, 0.2) is 0 Å². The minimum absolute atomic E-state index is 0.0319. The molecule has 5 aromatic heterocycles. The SMILES string of the molecule is CC1(C)CC=C(Cl)N(C=O)CC1.CC1(C)CCC(=O)N(C=O)CC1.COc1ncccc1C1=CCC(C)(C)CCN1C=O.COc1ncccc1C1=NCCC(C)(C)CC1.COc1ncccc1C1CCC(C)(C)CCN1c1ccnc(N)n1.COc1ncccc1C1CCCC(C)(C)CC1. The summed E-state index contributed by atoms with van der Waals surface area (Å²) in [6.07, 6.45) is 34.3. The van der Waals surface area contributed by atoms with Crippen molar-refractivity contribution < 1.29 is 38.1 Å². The Morgan fingerprint density at radius 2 is 0.970 bits per heavy atom. The van der Waals surface area contributed by atoms with Crippen molar-refractivity contribution >= 4 is 59.9 Å². The van der Waals surface area contributed by atoms with Gasteiger partial charge in [-0.05, 0) is 190 Å². The maximum Gasteiger partial charge on any atom is 0.228 e. The minimum Gasteiger partial charge on any atom is -0.481 e. The number of likely N-dealkylation sites (tertiary alicyclic amines) is 1. The van der Waals surface area contributed by atoms with Gasteiger partial charge in [-0.3, -0.25) is 29.1 Å². The number of aliphatic imine (C=N–C) groups is 1. The fourth-order valence-electron chi connectivity index (χ4n) is 13.2. The summed E-state index contributed by atoms with van der Waals surface area (Å²) in [5.74, 6) is 4.48. The molecule has 5 aliphatic heterocycles. The van der Waals surface area contributed by atoms with Gasteiger partial charge in [0.2, 0.25) is 54.6 Å². The lowest BCUT2D eigenvalue weighted by Crippen LogP contribution is -2.30. The van der Waals surface area contributed by atoms with Crippen LogP contribution in [0.1, 0.15) is 233 Å². The Balaban J connectivity index is 0.000000194. The van der Waals surface area contributed by atoms with E-state index in [1.165, 1.54) is 49.0 Å². The third-order valence-corrected chi connectivity index (χ3v) is 20.9. The molecule has 5 aromatic rings. The second kappa shape index (κ2) is 38.3. The standard InChI is InChI=1S/C18H25N5O.C15H20N2O2.C15H23NO.C14H20N2O.C9H14ClNO.C9H15NO2/c1-18(2)8-6-14(13-5-4-10-20-16(13)24-3)23(12-9-18)15-7-11-21-17(19)22-15;1-15(2)7-6-13(17(11-18)10-8-15)12-5-4-9-16-14(12)19-3;1-15(2)9-4-6-12(8-10-15)13-7-5-11-16-14(13)17-3;1-14(2)7-6-12(15-10-8-14)11-5-4-9-16-13(11)17-3;1-9(2)4-3-8(10)11(7-12)6-5-9;1-9(2)4-3-8(12)10(7-11)6-5-9/h4-5,7,10-11,14H,6,8-9,12H2,1-3H3,(H2,19,21,22);4-6,9,11H,7-8,10H2,1-3H3;5,7,11-12H,4,6,8-10H2,1-3H3;4-5,9H,6-8,10H2,1-3H3;3,7H,4-6H2,1-2H3;7H,3-6H2,1-2H3. The third kappa shape index (κ3) is 25.8. The highest BCUT2D eigenvalue weighted by molar-refractivity contribution is 6.29. The molecule has 20 nitrogen and oxygen atoms in total. The molecule has 1 saturated carbocycles. The topological polar surface area (TPSA) is 234 Å². The fraction of sp³-hybridized carbons (Fsp3) is 0.588. The van der Waals surface area contributed by atoms with E-state index in [1.807, 2.05) is 54.7 Å². The molecule has 0 bridgehead atoms. The van der Waals surface area contributed by atoms with E-state index in [9.17, 15) is 19.2 Å². The van der Waals surface area contributed by atoms with Crippen LogP contribution < -0.4 is 29.6 Å². The Morgan fingerprint density at radius 1 is 0.485 bits per heavy atom. The molecule has 2 N–H and O–H groups in total. The normalized spacial score (nSPS) is 21.2. The zero-order valence-electron chi connectivity index (χ0n) is 63.5. The smallest absolute Gasteiger partial charge is 0.228 e. The Labute approximate surface area is 608 Å². The van der Waals surface area contributed by atoms with Gasteiger partial charge in [-0.15, -0.1) is 0 Å². The van der Waals surface area contributed by atoms with E-state index in [2.05, 4.69) is 136 Å². The van der Waals surface area contributed by atoms with E-state index in [0.29, 0.717) is 70.3 Å². The van der Waals surface area contributed by atoms with Crippen LogP contribution in [-0.2, 0) is 19.2 Å². The van der Waals surface area contributed by atoms with Gasteiger partial charge < -0.3 is 39.4 Å². The van der Waals surface area contributed by atoms with Crippen LogP contribution in [0.25, 0.3) is 5.70 Å². The summed E-state index contributed by atoms with van der Waals surface area (Å²) in [6.45, 7) is 30.9. The molecule has 2 saturated heterocycles. The summed E-state index contributed by atoms with van der Waals surface area (Å²) in [5, 5.41) is 0.565. The molecule has 0 aromatic carbocycles. The van der Waals surface area contributed by atoms with E-state index < -0.39 is 0 Å². The van der Waals surface area contributed by atoms with Crippen molar-refractivity contribution in [2.45, 2.75) is 211 Å². The van der Waals surface area contributed by atoms with Crippen LogP contribution in [0.2, 0.25) is 0 Å². The van der Waals surface area contributed by atoms with Crippen molar-refractivity contribution in [1.82, 2.24) is 44.6 Å². The second-order valence-corrected chi connectivity index (χ2v) is 32.2. The molecule has 6 aliphatic rings. The predicted molar refractivity (Wildman–Crippen MR) is 405 cm³/mol. The van der Waals surface area contributed by atoms with Gasteiger partial charge in [-0.1, -0.05) is 119 Å². The largest absolute Gasteiger partial charge is 0.481 e. The van der Waals surface area contributed by atoms with Crippen LogP contribution in [0, 0.1) is 32.5 Å². The Morgan fingerprint density at radius 3 is 1.58 bits per heavy atom. The number of nitrogens with zero attached hydrogens (tertiary/aromatic N) is 11. The highest BCUT2D eigenvalue weighted by Gasteiger charge is 2.34. The summed E-state index contributed by atoms with van der Waals surface area (Å²) in [6, 6.07) is 18.1. The molecule has 4 amide bonds. The minimum atomic E-state index is -0.0319. The monoisotopic (exact) mass is 1410 g/mol. The lowest BCUT2D eigenvalue weighted by Gasteiger charge is -2.31. The molecular formula is C80H117ClN12O8. The number of hydrogen-bond donors (Lipinski definition) is 1. The van der Waals surface area contributed by atoms with Crippen molar-refractivity contribution in [3.8, 4) is 23.5 Å². The molecule has 101 heavy (non-hydrogen) atoms. The van der Waals surface area contributed by atoms with Gasteiger partial charge in [0.05, 0.1) is 51.3 Å². The second-order valence-electron chi connectivity index (χ2n) is 31.9. The first-order valence-corrected chi connectivity index (χ1v) is 36.4. The van der Waals surface area contributed by atoms with Crippen LogP contribution in [-0.4, -0.2) is 137 Å². The maximum atomic E-state index is 11.3. The number of carbonyl (C=O) groups is 4. The summed E-state index contributed by atoms with van der Waals surface area (Å²) in [4.78, 5) is 80.7. The highest BCUT2D eigenvalue weighted by Crippen LogP contribution is 2.44. The number of imide groups is 1. The molecule has 21 heteroatoms. The maximum absolute atomic E-state index is 11.3. The number of hydrogen-bond acceptors (Lipinski definition) is 17. The van der Waals surface area contributed by atoms with E-state index in [1.54, 1.807) is 63.0 Å². The molecular weight excluding hydrogens is 1290 g/mol. The van der Waals surface area contributed by atoms with E-state index in [4.69, 9.17) is 41.3 Å². The number of methoxy groups -OCH3 is 4. The lowest BCUT2D eigenvalue weighted by molar-refractivity contribution is -0.137. The van der Waals surface area contributed by atoms with Crippen LogP contribution in [0.5, 0.6) is 23.5 Å². The molecule has 2 unspecified atom stereocenters. The number of halogens is 1. The number of allylic oxidation sites excluding steroid dienone is 2. The van der Waals surface area contributed by atoms with Gasteiger partial charge in [0, 0.05) is 87.0 Å². The van der Waals surface area contributed by atoms with Gasteiger partial charge in [-0.25, -0.2) is 24.9 Å². The third-order valence-electron chi connectivity index (χ3n) is 20.5. The van der Waals surface area contributed by atoms with Crippen molar-refractivity contribution in [1.29, 1.82) is 0 Å². The van der Waals surface area contributed by atoms with Crippen molar-refractivity contribution in [3.05, 3.63) is 125 Å². The van der Waals surface area contributed by atoms with Crippen LogP contribution in [0.3, 0.4) is 0 Å². The first-order valence-electron chi connectivity index (χ1n) is 36.0. The number of ether oxygens (including phenoxy) is 4. The first kappa shape index (κ1) is 82.0. The Kier molecular flexibility index (Phi) is 31.1. The van der Waals surface area contributed by atoms with Gasteiger partial charge in [0.25, 0.3) is 0 Å². The molecule has 11 rings (SSSR count). The number of pyridine rings is 4. The molecule has 2 atom stereocenters. The lowest BCUT2D eigenvalue weighted by atomic mass is 9.84. The van der Waals surface area contributed by atoms with Crippen molar-refractivity contribution in [3.63, 3.8) is 0 Å². The van der Waals surface area contributed by atoms with Gasteiger partial charge in [-0.2, -0.15) is 4.98 Å². The van der Waals surface area contributed by atoms with E-state index >= 15 is 0 Å². The number of anilines is 2. The van der Waals surface area contributed by atoms with Crippen LogP contribution in [0.15, 0.2) is 108 Å². The number of nitrogen functional groups attached to an aromatic ring is 1. The zero-order valence-corrected chi connectivity index (χ0v) is 64.3.